The van der Waals surface area contributed by atoms with Gasteiger partial charge in [0.15, 0.2) is 0 Å². The summed E-state index contributed by atoms with van der Waals surface area (Å²) in [4.78, 5) is 10.5. The predicted molar refractivity (Wildman–Crippen MR) is 80.4 cm³/mol. The Kier molecular flexibility index (Phi) is 4.57. The van der Waals surface area contributed by atoms with Crippen LogP contribution in [0.25, 0.3) is 0 Å². The van der Waals surface area contributed by atoms with E-state index in [9.17, 15) is 26.4 Å². The van der Waals surface area contributed by atoms with Crippen molar-refractivity contribution >= 4 is 21.7 Å². The number of carboxylic acids is 1. The fourth-order valence-corrected chi connectivity index (χ4v) is 3.08. The van der Waals surface area contributed by atoms with Crippen molar-refractivity contribution in [2.24, 2.45) is 0 Å². The molecular formula is C15H12F3NO4S. The lowest BCUT2D eigenvalue weighted by atomic mass is 10.1. The average Bonchev–Trinajstić information content (AvgIpc) is 2.48. The summed E-state index contributed by atoms with van der Waals surface area (Å²) in [6.45, 7) is 1.45. The molecule has 0 radical (unpaired) electrons. The molecule has 0 bridgehead atoms. The van der Waals surface area contributed by atoms with Gasteiger partial charge in [0.05, 0.1) is 21.7 Å². The summed E-state index contributed by atoms with van der Waals surface area (Å²) in [7, 11) is -4.23. The number of alkyl halides is 3. The van der Waals surface area contributed by atoms with E-state index in [0.29, 0.717) is 11.6 Å². The molecule has 0 saturated heterocycles. The van der Waals surface area contributed by atoms with Gasteiger partial charge in [0, 0.05) is 0 Å². The largest absolute Gasteiger partial charge is 0.478 e. The standard InChI is InChI=1S/C15H12F3NO4S/c1-9-5-6-11(15(16,17)18)8-13(9)19-24(22,23)12-4-2-3-10(7-12)14(20)21/h2-8,19H,1H3,(H,20,21). The van der Waals surface area contributed by atoms with Gasteiger partial charge >= 0.3 is 12.1 Å². The minimum atomic E-state index is -4.61. The molecule has 0 aliphatic heterocycles. The predicted octanol–water partition coefficient (Wildman–Crippen LogP) is 3.51. The van der Waals surface area contributed by atoms with Gasteiger partial charge < -0.3 is 5.11 Å². The number of halogens is 3. The van der Waals surface area contributed by atoms with Crippen molar-refractivity contribution in [1.82, 2.24) is 0 Å². The van der Waals surface area contributed by atoms with Crippen LogP contribution in [0.3, 0.4) is 0 Å². The summed E-state index contributed by atoms with van der Waals surface area (Å²) in [6.07, 6.45) is -4.61. The number of benzene rings is 2. The summed E-state index contributed by atoms with van der Waals surface area (Å²) < 4.78 is 64.9. The third-order valence-electron chi connectivity index (χ3n) is 3.20. The minimum absolute atomic E-state index is 0.231. The Hall–Kier alpha value is -2.55. The van der Waals surface area contributed by atoms with Crippen LogP contribution >= 0.6 is 0 Å². The Labute approximate surface area is 135 Å². The molecule has 0 atom stereocenters. The van der Waals surface area contributed by atoms with Gasteiger partial charge in [-0.2, -0.15) is 13.2 Å². The van der Waals surface area contributed by atoms with Crippen LogP contribution in [0.2, 0.25) is 0 Å². The first-order valence-electron chi connectivity index (χ1n) is 6.55. The topological polar surface area (TPSA) is 83.5 Å². The summed E-state index contributed by atoms with van der Waals surface area (Å²) >= 11 is 0. The van der Waals surface area contributed by atoms with Crippen molar-refractivity contribution in [3.63, 3.8) is 0 Å². The number of aryl methyl sites for hydroxylation is 1. The van der Waals surface area contributed by atoms with Crippen LogP contribution in [0.4, 0.5) is 18.9 Å². The number of rotatable bonds is 4. The first-order chi connectivity index (χ1) is 11.0. The van der Waals surface area contributed by atoms with Crippen LogP contribution in [-0.4, -0.2) is 19.5 Å². The van der Waals surface area contributed by atoms with E-state index < -0.39 is 27.7 Å². The van der Waals surface area contributed by atoms with Gasteiger partial charge in [0.2, 0.25) is 0 Å². The molecule has 2 aromatic carbocycles. The van der Waals surface area contributed by atoms with Crippen molar-refractivity contribution < 1.29 is 31.5 Å². The third-order valence-corrected chi connectivity index (χ3v) is 4.56. The highest BCUT2D eigenvalue weighted by atomic mass is 32.2. The van der Waals surface area contributed by atoms with E-state index in [1.54, 1.807) is 0 Å². The molecule has 2 N–H and O–H groups in total. The number of carbonyl (C=O) groups is 1. The van der Waals surface area contributed by atoms with Gasteiger partial charge in [-0.1, -0.05) is 12.1 Å². The van der Waals surface area contributed by atoms with Crippen LogP contribution in [0.15, 0.2) is 47.4 Å². The lowest BCUT2D eigenvalue weighted by Gasteiger charge is -2.14. The summed E-state index contributed by atoms with van der Waals surface area (Å²) in [6, 6.07) is 7.19. The molecule has 0 saturated carbocycles. The van der Waals surface area contributed by atoms with E-state index >= 15 is 0 Å². The molecule has 5 nitrogen and oxygen atoms in total. The van der Waals surface area contributed by atoms with Gasteiger partial charge in [-0.15, -0.1) is 0 Å². The van der Waals surface area contributed by atoms with Gasteiger partial charge in [-0.25, -0.2) is 13.2 Å². The lowest BCUT2D eigenvalue weighted by molar-refractivity contribution is -0.137. The zero-order valence-corrected chi connectivity index (χ0v) is 13.1. The van der Waals surface area contributed by atoms with Gasteiger partial charge in [-0.3, -0.25) is 4.72 Å². The zero-order valence-electron chi connectivity index (χ0n) is 12.3. The second kappa shape index (κ2) is 6.16. The second-order valence-corrected chi connectivity index (χ2v) is 6.65. The fourth-order valence-electron chi connectivity index (χ4n) is 1.91. The van der Waals surface area contributed by atoms with Crippen molar-refractivity contribution in [2.45, 2.75) is 18.0 Å². The molecule has 0 aliphatic rings. The van der Waals surface area contributed by atoms with Crippen molar-refractivity contribution in [2.75, 3.05) is 4.72 Å². The SMILES string of the molecule is Cc1ccc(C(F)(F)F)cc1NS(=O)(=O)c1cccc(C(=O)O)c1. The smallest absolute Gasteiger partial charge is 0.416 e. The van der Waals surface area contributed by atoms with E-state index in [0.717, 1.165) is 24.3 Å². The Bertz CT molecular complexity index is 892. The van der Waals surface area contributed by atoms with E-state index in [1.807, 2.05) is 0 Å². The Balaban J connectivity index is 2.43. The zero-order chi connectivity index (χ0) is 18.1. The van der Waals surface area contributed by atoms with Crippen molar-refractivity contribution in [3.05, 3.63) is 59.2 Å². The number of aromatic carboxylic acids is 1. The van der Waals surface area contributed by atoms with Crippen LogP contribution in [0.5, 0.6) is 0 Å². The summed E-state index contributed by atoms with van der Waals surface area (Å²) in [5.74, 6) is -1.32. The number of sulfonamides is 1. The molecule has 2 aromatic rings. The first kappa shape index (κ1) is 17.8. The fraction of sp³-hybridized carbons (Fsp3) is 0.133. The molecule has 24 heavy (non-hydrogen) atoms. The maximum absolute atomic E-state index is 12.8. The molecule has 128 valence electrons. The molecular weight excluding hydrogens is 347 g/mol. The monoisotopic (exact) mass is 359 g/mol. The third kappa shape index (κ3) is 3.85. The molecule has 0 fully saturated rings. The number of carboxylic acid groups (broad SMARTS) is 1. The molecule has 0 heterocycles. The highest BCUT2D eigenvalue weighted by molar-refractivity contribution is 7.92. The number of hydrogen-bond donors (Lipinski definition) is 2. The van der Waals surface area contributed by atoms with Crippen molar-refractivity contribution in [3.8, 4) is 0 Å². The van der Waals surface area contributed by atoms with Crippen LogP contribution in [0, 0.1) is 6.92 Å². The second-order valence-electron chi connectivity index (χ2n) is 4.97. The molecule has 0 aliphatic carbocycles. The normalized spacial score (nSPS) is 12.0. The molecule has 0 unspecified atom stereocenters. The average molecular weight is 359 g/mol. The van der Waals surface area contributed by atoms with Gasteiger partial charge in [0.1, 0.15) is 0 Å². The summed E-state index contributed by atoms with van der Waals surface area (Å²) in [5, 5.41) is 8.89. The Morgan fingerprint density at radius 2 is 1.79 bits per heavy atom. The number of anilines is 1. The van der Waals surface area contributed by atoms with Crippen molar-refractivity contribution in [1.29, 1.82) is 0 Å². The van der Waals surface area contributed by atoms with Gasteiger partial charge in [0.25, 0.3) is 10.0 Å². The number of hydrogen-bond acceptors (Lipinski definition) is 3. The maximum atomic E-state index is 12.8. The maximum Gasteiger partial charge on any atom is 0.416 e. The lowest BCUT2D eigenvalue weighted by Crippen LogP contribution is -2.15. The highest BCUT2D eigenvalue weighted by Crippen LogP contribution is 2.32. The highest BCUT2D eigenvalue weighted by Gasteiger charge is 2.31. The van der Waals surface area contributed by atoms with E-state index in [1.165, 1.54) is 19.1 Å². The first-order valence-corrected chi connectivity index (χ1v) is 8.03. The van der Waals surface area contributed by atoms with Crippen LogP contribution in [0.1, 0.15) is 21.5 Å². The molecule has 2 rings (SSSR count). The molecule has 9 heteroatoms. The van der Waals surface area contributed by atoms with E-state index in [4.69, 9.17) is 5.11 Å². The molecule has 0 spiro atoms. The minimum Gasteiger partial charge on any atom is -0.478 e. The van der Waals surface area contributed by atoms with Crippen LogP contribution < -0.4 is 4.72 Å². The quantitative estimate of drug-likeness (QED) is 0.875. The van der Waals surface area contributed by atoms with E-state index in [2.05, 4.69) is 4.72 Å². The number of nitrogens with one attached hydrogen (secondary N) is 1. The Morgan fingerprint density at radius 1 is 1.12 bits per heavy atom. The van der Waals surface area contributed by atoms with Gasteiger partial charge in [-0.05, 0) is 42.8 Å². The van der Waals surface area contributed by atoms with E-state index in [-0.39, 0.29) is 16.1 Å². The molecule has 0 aromatic heterocycles. The molecule has 0 amide bonds. The Morgan fingerprint density at radius 3 is 2.38 bits per heavy atom. The summed E-state index contributed by atoms with van der Waals surface area (Å²) in [5.41, 5.74) is -1.18. The van der Waals surface area contributed by atoms with Crippen LogP contribution in [-0.2, 0) is 16.2 Å².